The Balaban J connectivity index is 1.57. The third kappa shape index (κ3) is 4.68. The molecule has 0 aromatic carbocycles. The van der Waals surface area contributed by atoms with Crippen LogP contribution in [0.15, 0.2) is 34.1 Å². The molecule has 1 atom stereocenters. The molecule has 1 aliphatic heterocycles. The summed E-state index contributed by atoms with van der Waals surface area (Å²) < 4.78 is 29.3. The standard InChI is InChI=1S/C16H24N4O3S2/c1-19-10-7-17-14(19)12-20-8-3-5-16(21,6-9-20)13-18-25(22,23)15-4-2-11-24-15/h2,4,7,10-11,18,21H,3,5-6,8-9,12-13H2,1H3/t16-/m0/s1. The van der Waals surface area contributed by atoms with Crippen LogP contribution in [0.1, 0.15) is 25.1 Å². The molecule has 3 rings (SSSR count). The molecule has 2 aromatic heterocycles. The van der Waals surface area contributed by atoms with Crippen molar-refractivity contribution in [3.63, 3.8) is 0 Å². The summed E-state index contributed by atoms with van der Waals surface area (Å²) >= 11 is 1.17. The number of aromatic nitrogens is 2. The van der Waals surface area contributed by atoms with E-state index in [9.17, 15) is 13.5 Å². The van der Waals surface area contributed by atoms with Crippen molar-refractivity contribution in [1.29, 1.82) is 0 Å². The van der Waals surface area contributed by atoms with Crippen LogP contribution in [0, 0.1) is 0 Å². The molecule has 0 amide bonds. The molecule has 138 valence electrons. The first-order valence-electron chi connectivity index (χ1n) is 8.32. The number of rotatable bonds is 6. The maximum absolute atomic E-state index is 12.2. The maximum atomic E-state index is 12.2. The molecule has 2 N–H and O–H groups in total. The molecule has 1 fully saturated rings. The molecule has 0 aliphatic carbocycles. The third-order valence-electron chi connectivity index (χ3n) is 4.65. The molecule has 9 heteroatoms. The van der Waals surface area contributed by atoms with Gasteiger partial charge in [0.25, 0.3) is 0 Å². The van der Waals surface area contributed by atoms with E-state index in [2.05, 4.69) is 14.6 Å². The minimum absolute atomic E-state index is 0.0451. The van der Waals surface area contributed by atoms with E-state index in [1.807, 2.05) is 17.8 Å². The summed E-state index contributed by atoms with van der Waals surface area (Å²) in [4.78, 5) is 6.60. The Bertz CT molecular complexity index is 788. The van der Waals surface area contributed by atoms with E-state index in [1.54, 1.807) is 23.7 Å². The fourth-order valence-corrected chi connectivity index (χ4v) is 5.19. The summed E-state index contributed by atoms with van der Waals surface area (Å²) in [6.45, 7) is 2.36. The van der Waals surface area contributed by atoms with Gasteiger partial charge in [-0.3, -0.25) is 4.90 Å². The van der Waals surface area contributed by atoms with Crippen molar-refractivity contribution in [3.8, 4) is 0 Å². The van der Waals surface area contributed by atoms with Crippen LogP contribution in [-0.2, 0) is 23.6 Å². The first-order valence-corrected chi connectivity index (χ1v) is 10.7. The van der Waals surface area contributed by atoms with Gasteiger partial charge in [-0.2, -0.15) is 0 Å². The Hall–Kier alpha value is -1.26. The third-order valence-corrected chi connectivity index (χ3v) is 7.45. The fourth-order valence-electron chi connectivity index (χ4n) is 3.04. The lowest BCUT2D eigenvalue weighted by Gasteiger charge is -2.27. The van der Waals surface area contributed by atoms with Crippen LogP contribution < -0.4 is 4.72 Å². The summed E-state index contributed by atoms with van der Waals surface area (Å²) in [5.74, 6) is 0.990. The molecular formula is C16H24N4O3S2. The lowest BCUT2D eigenvalue weighted by Crippen LogP contribution is -2.43. The second-order valence-electron chi connectivity index (χ2n) is 6.57. The average Bonchev–Trinajstić information content (AvgIpc) is 3.20. The zero-order valence-corrected chi connectivity index (χ0v) is 15.9. The smallest absolute Gasteiger partial charge is 0.250 e. The summed E-state index contributed by atoms with van der Waals surface area (Å²) in [5.41, 5.74) is -1.01. The Morgan fingerprint density at radius 1 is 1.40 bits per heavy atom. The van der Waals surface area contributed by atoms with Gasteiger partial charge in [-0.1, -0.05) is 6.07 Å². The van der Waals surface area contributed by atoms with Crippen LogP contribution in [0.4, 0.5) is 0 Å². The minimum atomic E-state index is -3.54. The molecule has 7 nitrogen and oxygen atoms in total. The van der Waals surface area contributed by atoms with Gasteiger partial charge in [0.15, 0.2) is 0 Å². The summed E-state index contributed by atoms with van der Waals surface area (Å²) in [5, 5.41) is 12.6. The van der Waals surface area contributed by atoms with Gasteiger partial charge >= 0.3 is 0 Å². The quantitative estimate of drug-likeness (QED) is 0.781. The highest BCUT2D eigenvalue weighted by atomic mass is 32.2. The molecule has 0 unspecified atom stereocenters. The van der Waals surface area contributed by atoms with Gasteiger partial charge in [0, 0.05) is 32.5 Å². The van der Waals surface area contributed by atoms with E-state index in [4.69, 9.17) is 0 Å². The van der Waals surface area contributed by atoms with Crippen molar-refractivity contribution < 1.29 is 13.5 Å². The second-order valence-corrected chi connectivity index (χ2v) is 9.51. The molecule has 2 aromatic rings. The van der Waals surface area contributed by atoms with Crippen LogP contribution >= 0.6 is 11.3 Å². The Morgan fingerprint density at radius 2 is 2.24 bits per heavy atom. The van der Waals surface area contributed by atoms with E-state index < -0.39 is 15.6 Å². The highest BCUT2D eigenvalue weighted by molar-refractivity contribution is 7.91. The van der Waals surface area contributed by atoms with E-state index in [0.29, 0.717) is 19.4 Å². The van der Waals surface area contributed by atoms with Crippen LogP contribution in [0.2, 0.25) is 0 Å². The summed E-state index contributed by atoms with van der Waals surface area (Å²) in [7, 11) is -1.58. The number of likely N-dealkylation sites (tertiary alicyclic amines) is 1. The predicted molar refractivity (Wildman–Crippen MR) is 96.8 cm³/mol. The fraction of sp³-hybridized carbons (Fsp3) is 0.562. The molecule has 3 heterocycles. The summed E-state index contributed by atoms with van der Waals surface area (Å²) in [6.07, 6.45) is 5.63. The number of aryl methyl sites for hydroxylation is 1. The lowest BCUT2D eigenvalue weighted by molar-refractivity contribution is 0.0304. The monoisotopic (exact) mass is 384 g/mol. The highest BCUT2D eigenvalue weighted by Crippen LogP contribution is 2.24. The highest BCUT2D eigenvalue weighted by Gasteiger charge is 2.32. The van der Waals surface area contributed by atoms with Crippen LogP contribution in [0.25, 0.3) is 0 Å². The number of hydrogen-bond donors (Lipinski definition) is 2. The number of aliphatic hydroxyl groups is 1. The van der Waals surface area contributed by atoms with Crippen LogP contribution in [-0.4, -0.2) is 53.2 Å². The summed E-state index contributed by atoms with van der Waals surface area (Å²) in [6, 6.07) is 3.27. The zero-order chi connectivity index (χ0) is 17.9. The second kappa shape index (κ2) is 7.55. The van der Waals surface area contributed by atoms with Crippen molar-refractivity contribution in [2.75, 3.05) is 19.6 Å². The number of thiophene rings is 1. The molecule has 0 radical (unpaired) electrons. The van der Waals surface area contributed by atoms with Gasteiger partial charge in [0.2, 0.25) is 10.0 Å². The van der Waals surface area contributed by atoms with Crippen molar-refractivity contribution in [1.82, 2.24) is 19.2 Å². The lowest BCUT2D eigenvalue weighted by atomic mass is 9.95. The molecule has 1 saturated heterocycles. The number of nitrogens with zero attached hydrogens (tertiary/aromatic N) is 3. The molecule has 0 bridgehead atoms. The van der Waals surface area contributed by atoms with E-state index >= 15 is 0 Å². The number of sulfonamides is 1. The van der Waals surface area contributed by atoms with Crippen molar-refractivity contribution in [3.05, 3.63) is 35.7 Å². The number of hydrogen-bond acceptors (Lipinski definition) is 6. The minimum Gasteiger partial charge on any atom is -0.388 e. The Morgan fingerprint density at radius 3 is 2.92 bits per heavy atom. The SMILES string of the molecule is Cn1ccnc1CN1CCC[C@@](O)(CNS(=O)(=O)c2cccs2)CC1. The molecular weight excluding hydrogens is 360 g/mol. The van der Waals surface area contributed by atoms with Crippen LogP contribution in [0.3, 0.4) is 0 Å². The topological polar surface area (TPSA) is 87.5 Å². The van der Waals surface area contributed by atoms with Crippen molar-refractivity contribution >= 4 is 21.4 Å². The van der Waals surface area contributed by atoms with E-state index in [-0.39, 0.29) is 10.8 Å². The first-order chi connectivity index (χ1) is 11.9. The number of imidazole rings is 1. The van der Waals surface area contributed by atoms with Crippen molar-refractivity contribution in [2.45, 2.75) is 35.6 Å². The Labute approximate surface area is 152 Å². The van der Waals surface area contributed by atoms with Crippen molar-refractivity contribution in [2.24, 2.45) is 7.05 Å². The zero-order valence-electron chi connectivity index (χ0n) is 14.3. The Kier molecular flexibility index (Phi) is 5.59. The van der Waals surface area contributed by atoms with Gasteiger partial charge in [0.1, 0.15) is 10.0 Å². The molecule has 1 aliphatic rings. The normalized spacial score (nSPS) is 22.8. The predicted octanol–water partition coefficient (Wildman–Crippen LogP) is 1.18. The van der Waals surface area contributed by atoms with E-state index in [1.165, 1.54) is 11.3 Å². The maximum Gasteiger partial charge on any atom is 0.250 e. The van der Waals surface area contributed by atoms with E-state index in [0.717, 1.165) is 25.3 Å². The molecule has 25 heavy (non-hydrogen) atoms. The van der Waals surface area contributed by atoms with Gasteiger partial charge in [-0.25, -0.2) is 18.1 Å². The first kappa shape index (κ1) is 18.5. The molecule has 0 saturated carbocycles. The van der Waals surface area contributed by atoms with Gasteiger partial charge in [-0.05, 0) is 37.3 Å². The van der Waals surface area contributed by atoms with Gasteiger partial charge < -0.3 is 9.67 Å². The van der Waals surface area contributed by atoms with Crippen LogP contribution in [0.5, 0.6) is 0 Å². The van der Waals surface area contributed by atoms with Gasteiger partial charge in [0.05, 0.1) is 12.1 Å². The van der Waals surface area contributed by atoms with Gasteiger partial charge in [-0.15, -0.1) is 11.3 Å². The largest absolute Gasteiger partial charge is 0.388 e. The average molecular weight is 385 g/mol. The number of nitrogens with one attached hydrogen (secondary N) is 1. The molecule has 0 spiro atoms.